The Hall–Kier alpha value is 1.40. The Bertz CT molecular complexity index is 167. The van der Waals surface area contributed by atoms with E-state index in [0.29, 0.717) is 43.6 Å². The summed E-state index contributed by atoms with van der Waals surface area (Å²) in [7, 11) is 2.75. The molecular formula is C14H34S4+4. The molecule has 0 saturated carbocycles. The van der Waals surface area contributed by atoms with Crippen molar-refractivity contribution >= 4 is 43.6 Å². The third-order valence-corrected chi connectivity index (χ3v) is 11.5. The highest BCUT2D eigenvalue weighted by molar-refractivity contribution is 8.02. The normalized spacial score (nSPS) is 18.3. The molecule has 0 nitrogen and oxygen atoms in total. The summed E-state index contributed by atoms with van der Waals surface area (Å²) in [5.41, 5.74) is 0. The molecule has 0 saturated heterocycles. The van der Waals surface area contributed by atoms with E-state index in [1.54, 1.807) is 0 Å². The van der Waals surface area contributed by atoms with E-state index in [0.717, 1.165) is 0 Å². The van der Waals surface area contributed by atoms with Gasteiger partial charge in [0.1, 0.15) is 11.5 Å². The summed E-state index contributed by atoms with van der Waals surface area (Å²) in [5.74, 6) is 11.7. The van der Waals surface area contributed by atoms with Crippen molar-refractivity contribution in [3.8, 4) is 0 Å². The van der Waals surface area contributed by atoms with Crippen molar-refractivity contribution in [3.05, 3.63) is 0 Å². The van der Waals surface area contributed by atoms with Gasteiger partial charge in [0.15, 0.2) is 34.5 Å². The minimum absolute atomic E-state index is 0.687. The maximum absolute atomic E-state index is 2.49. The van der Waals surface area contributed by atoms with Crippen molar-refractivity contribution in [1.29, 1.82) is 0 Å². The molecule has 0 rings (SSSR count). The first kappa shape index (κ1) is 19.4. The van der Waals surface area contributed by atoms with Gasteiger partial charge in [-0.25, -0.2) is 0 Å². The van der Waals surface area contributed by atoms with Crippen LogP contribution in [0, 0.1) is 0 Å². The van der Waals surface area contributed by atoms with Crippen LogP contribution in [-0.4, -0.2) is 71.0 Å². The van der Waals surface area contributed by atoms with Gasteiger partial charge < -0.3 is 0 Å². The first-order chi connectivity index (χ1) is 8.49. The molecule has 0 spiro atoms. The lowest BCUT2D eigenvalue weighted by Gasteiger charge is -2.05. The average Bonchev–Trinajstić information content (AvgIpc) is 2.39. The largest absolute Gasteiger partial charge is 0.152 e. The van der Waals surface area contributed by atoms with E-state index in [2.05, 4.69) is 38.9 Å². The highest BCUT2D eigenvalue weighted by atomic mass is 32.2. The summed E-state index contributed by atoms with van der Waals surface area (Å²) in [6, 6.07) is 0. The second kappa shape index (κ2) is 12.2. The van der Waals surface area contributed by atoms with Gasteiger partial charge in [0.2, 0.25) is 0 Å². The first-order valence-electron chi connectivity index (χ1n) is 6.86. The minimum Gasteiger partial charge on any atom is -0.0198 e. The maximum atomic E-state index is 2.49. The van der Waals surface area contributed by atoms with Crippen LogP contribution in [0.2, 0.25) is 0 Å². The molecule has 0 N–H and O–H groups in total. The van der Waals surface area contributed by atoms with Crippen LogP contribution >= 0.6 is 0 Å². The topological polar surface area (TPSA) is 0 Å². The van der Waals surface area contributed by atoms with Crippen LogP contribution < -0.4 is 0 Å². The van der Waals surface area contributed by atoms with E-state index >= 15 is 0 Å². The quantitative estimate of drug-likeness (QED) is 0.509. The molecule has 0 aliphatic heterocycles. The Balaban J connectivity index is 3.55. The summed E-state index contributed by atoms with van der Waals surface area (Å²) in [6.45, 7) is 4.66. The monoisotopic (exact) mass is 330 g/mol. The highest BCUT2D eigenvalue weighted by Crippen LogP contribution is 2.02. The molecule has 0 radical (unpaired) electrons. The Kier molecular flexibility index (Phi) is 13.1. The Morgan fingerprint density at radius 3 is 0.889 bits per heavy atom. The zero-order valence-electron chi connectivity index (χ0n) is 13.3. The lowest BCUT2D eigenvalue weighted by atomic mass is 10.9. The van der Waals surface area contributed by atoms with Crippen molar-refractivity contribution in [2.24, 2.45) is 0 Å². The van der Waals surface area contributed by atoms with Crippen molar-refractivity contribution in [2.45, 2.75) is 13.8 Å². The SMILES string of the molecule is CC[S+](C)CC[S+](C)CC[S+](C)CC[S+](C)CC. The molecular weight excluding hydrogens is 296 g/mol. The molecule has 0 bridgehead atoms. The fourth-order valence-electron chi connectivity index (χ4n) is 1.35. The lowest BCUT2D eigenvalue weighted by molar-refractivity contribution is 1.39. The van der Waals surface area contributed by atoms with Crippen LogP contribution in [0.15, 0.2) is 0 Å². The molecule has 0 heterocycles. The summed E-state index contributed by atoms with van der Waals surface area (Å²) < 4.78 is 0. The molecule has 110 valence electrons. The maximum Gasteiger partial charge on any atom is 0.152 e. The number of hydrogen-bond acceptors (Lipinski definition) is 0. The van der Waals surface area contributed by atoms with Crippen LogP contribution in [0.4, 0.5) is 0 Å². The Morgan fingerprint density at radius 1 is 0.444 bits per heavy atom. The number of hydrogen-bond donors (Lipinski definition) is 0. The molecule has 0 aromatic heterocycles. The van der Waals surface area contributed by atoms with E-state index in [9.17, 15) is 0 Å². The highest BCUT2D eigenvalue weighted by Gasteiger charge is 2.23. The van der Waals surface area contributed by atoms with Gasteiger partial charge in [-0.3, -0.25) is 0 Å². The van der Waals surface area contributed by atoms with Crippen LogP contribution in [0.1, 0.15) is 13.8 Å². The van der Waals surface area contributed by atoms with Gasteiger partial charge in [0.05, 0.1) is 25.0 Å². The predicted molar refractivity (Wildman–Crippen MR) is 103 cm³/mol. The van der Waals surface area contributed by atoms with Gasteiger partial charge in [0.25, 0.3) is 0 Å². The van der Waals surface area contributed by atoms with E-state index in [-0.39, 0.29) is 0 Å². The second-order valence-electron chi connectivity index (χ2n) is 4.93. The molecule has 4 unspecified atom stereocenters. The van der Waals surface area contributed by atoms with Crippen molar-refractivity contribution in [2.75, 3.05) is 71.0 Å². The van der Waals surface area contributed by atoms with Crippen molar-refractivity contribution in [3.63, 3.8) is 0 Å². The predicted octanol–water partition coefficient (Wildman–Crippen LogP) is 2.02. The van der Waals surface area contributed by atoms with E-state index in [1.807, 2.05) is 0 Å². The van der Waals surface area contributed by atoms with Crippen molar-refractivity contribution in [1.82, 2.24) is 0 Å². The molecule has 0 fully saturated rings. The molecule has 0 amide bonds. The molecule has 0 aromatic rings. The van der Waals surface area contributed by atoms with Crippen LogP contribution in [0.3, 0.4) is 0 Å². The molecule has 0 aromatic carbocycles. The van der Waals surface area contributed by atoms with Crippen LogP contribution in [-0.2, 0) is 43.6 Å². The van der Waals surface area contributed by atoms with Gasteiger partial charge in [-0.2, -0.15) is 0 Å². The van der Waals surface area contributed by atoms with Gasteiger partial charge >= 0.3 is 0 Å². The zero-order valence-corrected chi connectivity index (χ0v) is 16.6. The van der Waals surface area contributed by atoms with E-state index in [1.165, 1.54) is 46.0 Å². The zero-order chi connectivity index (χ0) is 14.0. The lowest BCUT2D eigenvalue weighted by Crippen LogP contribution is -2.26. The molecule has 0 aliphatic rings. The summed E-state index contributed by atoms with van der Waals surface area (Å²) in [4.78, 5) is 0. The molecule has 0 aliphatic carbocycles. The fourth-order valence-corrected chi connectivity index (χ4v) is 9.16. The summed E-state index contributed by atoms with van der Waals surface area (Å²) in [5, 5.41) is 0. The van der Waals surface area contributed by atoms with Gasteiger partial charge in [0, 0.05) is 0 Å². The molecule has 4 heteroatoms. The summed E-state index contributed by atoms with van der Waals surface area (Å²) >= 11 is 0. The standard InChI is InChI=1S/C14H34S4/c1-7-15(3)9-11-17(5)13-14-18(6)12-10-16(4)8-2/h7-14H2,1-6H3/q+4. The van der Waals surface area contributed by atoms with Crippen LogP contribution in [0.5, 0.6) is 0 Å². The second-order valence-corrected chi connectivity index (χ2v) is 14.8. The minimum atomic E-state index is 0.687. The third-order valence-electron chi connectivity index (χ3n) is 3.33. The van der Waals surface area contributed by atoms with E-state index in [4.69, 9.17) is 0 Å². The third kappa shape index (κ3) is 11.2. The first-order valence-corrected chi connectivity index (χ1v) is 14.7. The average molecular weight is 331 g/mol. The van der Waals surface area contributed by atoms with Crippen LogP contribution in [0.25, 0.3) is 0 Å². The van der Waals surface area contributed by atoms with Gasteiger partial charge in [-0.1, -0.05) is 0 Å². The molecule has 18 heavy (non-hydrogen) atoms. The smallest absolute Gasteiger partial charge is 0.0198 e. The Morgan fingerprint density at radius 2 is 0.667 bits per heavy atom. The van der Waals surface area contributed by atoms with Gasteiger partial charge in [-0.05, 0) is 57.4 Å². The summed E-state index contributed by atoms with van der Waals surface area (Å²) in [6.07, 6.45) is 9.82. The Labute approximate surface area is 128 Å². The van der Waals surface area contributed by atoms with Crippen molar-refractivity contribution < 1.29 is 0 Å². The molecule has 4 atom stereocenters. The number of rotatable bonds is 11. The fraction of sp³-hybridized carbons (Fsp3) is 1.00. The van der Waals surface area contributed by atoms with E-state index < -0.39 is 0 Å². The van der Waals surface area contributed by atoms with Gasteiger partial charge in [-0.15, -0.1) is 0 Å².